The molecule has 0 saturated carbocycles. The molecule has 0 aromatic carbocycles. The number of aromatic nitrogens is 2. The largest absolute Gasteiger partial charge is 0.382 e. The van der Waals surface area contributed by atoms with Crippen molar-refractivity contribution in [3.05, 3.63) is 17.3 Å². The van der Waals surface area contributed by atoms with Gasteiger partial charge >= 0.3 is 0 Å². The van der Waals surface area contributed by atoms with Crippen LogP contribution in [0.1, 0.15) is 30.5 Å². The Labute approximate surface area is 90.3 Å². The molecule has 82 valence electrons. The number of anilines is 1. The topological polar surface area (TPSA) is 63.8 Å². The second kappa shape index (κ2) is 4.14. The highest BCUT2D eigenvalue weighted by atomic mass is 15.1. The molecule has 4 heteroatoms. The third-order valence-electron chi connectivity index (χ3n) is 3.18. The molecule has 0 radical (unpaired) electrons. The summed E-state index contributed by atoms with van der Waals surface area (Å²) in [7, 11) is 0. The molecule has 1 aromatic heterocycles. The van der Waals surface area contributed by atoms with E-state index in [9.17, 15) is 0 Å². The molecule has 15 heavy (non-hydrogen) atoms. The van der Waals surface area contributed by atoms with Gasteiger partial charge in [-0.3, -0.25) is 0 Å². The summed E-state index contributed by atoms with van der Waals surface area (Å²) in [5, 5.41) is 11.6. The minimum atomic E-state index is 0.512. The zero-order valence-corrected chi connectivity index (χ0v) is 9.33. The SMILES string of the molecule is Cc1cc(N)nnc1C1CCNCC1C. The van der Waals surface area contributed by atoms with Crippen molar-refractivity contribution in [3.63, 3.8) is 0 Å². The highest BCUT2D eigenvalue weighted by molar-refractivity contribution is 5.34. The van der Waals surface area contributed by atoms with Crippen LogP contribution in [0, 0.1) is 12.8 Å². The number of hydrogen-bond acceptors (Lipinski definition) is 4. The summed E-state index contributed by atoms with van der Waals surface area (Å²) >= 11 is 0. The Morgan fingerprint density at radius 2 is 2.27 bits per heavy atom. The summed E-state index contributed by atoms with van der Waals surface area (Å²) in [5.74, 6) is 1.66. The fourth-order valence-corrected chi connectivity index (χ4v) is 2.30. The molecule has 1 aliphatic heterocycles. The van der Waals surface area contributed by atoms with Crippen molar-refractivity contribution < 1.29 is 0 Å². The first-order valence-corrected chi connectivity index (χ1v) is 5.49. The Kier molecular flexibility index (Phi) is 2.86. The lowest BCUT2D eigenvalue weighted by Gasteiger charge is -2.29. The van der Waals surface area contributed by atoms with Gasteiger partial charge in [0.25, 0.3) is 0 Å². The quantitative estimate of drug-likeness (QED) is 0.721. The van der Waals surface area contributed by atoms with E-state index in [0.717, 1.165) is 25.2 Å². The maximum atomic E-state index is 5.61. The lowest BCUT2D eigenvalue weighted by Crippen LogP contribution is -2.34. The van der Waals surface area contributed by atoms with Crippen LogP contribution < -0.4 is 11.1 Å². The Morgan fingerprint density at radius 3 is 2.93 bits per heavy atom. The van der Waals surface area contributed by atoms with Gasteiger partial charge in [-0.05, 0) is 44.0 Å². The molecular weight excluding hydrogens is 188 g/mol. The van der Waals surface area contributed by atoms with Crippen LogP contribution in [0.4, 0.5) is 5.82 Å². The van der Waals surface area contributed by atoms with Gasteiger partial charge < -0.3 is 11.1 Å². The van der Waals surface area contributed by atoms with Gasteiger partial charge in [0.15, 0.2) is 0 Å². The lowest BCUT2D eigenvalue weighted by molar-refractivity contribution is 0.341. The first-order valence-electron chi connectivity index (χ1n) is 5.49. The van der Waals surface area contributed by atoms with E-state index < -0.39 is 0 Å². The Bertz CT molecular complexity index is 350. The molecule has 0 bridgehead atoms. The summed E-state index contributed by atoms with van der Waals surface area (Å²) in [4.78, 5) is 0. The second-order valence-corrected chi connectivity index (χ2v) is 4.41. The van der Waals surface area contributed by atoms with E-state index in [1.807, 2.05) is 6.07 Å². The molecule has 2 unspecified atom stereocenters. The monoisotopic (exact) mass is 206 g/mol. The summed E-state index contributed by atoms with van der Waals surface area (Å²) in [6.45, 7) is 6.46. The predicted molar refractivity (Wildman–Crippen MR) is 60.6 cm³/mol. The van der Waals surface area contributed by atoms with Crippen LogP contribution in [0.5, 0.6) is 0 Å². The van der Waals surface area contributed by atoms with Crippen LogP contribution in [0.15, 0.2) is 6.07 Å². The van der Waals surface area contributed by atoms with E-state index in [2.05, 4.69) is 29.4 Å². The van der Waals surface area contributed by atoms with Gasteiger partial charge in [-0.1, -0.05) is 6.92 Å². The predicted octanol–water partition coefficient (Wildman–Crippen LogP) is 1.08. The van der Waals surface area contributed by atoms with Crippen molar-refractivity contribution in [3.8, 4) is 0 Å². The zero-order valence-electron chi connectivity index (χ0n) is 9.33. The maximum Gasteiger partial charge on any atom is 0.146 e. The molecule has 3 N–H and O–H groups in total. The third kappa shape index (κ3) is 2.09. The first-order chi connectivity index (χ1) is 7.18. The van der Waals surface area contributed by atoms with Gasteiger partial charge in [0.1, 0.15) is 5.82 Å². The van der Waals surface area contributed by atoms with Crippen LogP contribution in [0.25, 0.3) is 0 Å². The molecule has 1 aliphatic rings. The van der Waals surface area contributed by atoms with Crippen molar-refractivity contribution >= 4 is 5.82 Å². The smallest absolute Gasteiger partial charge is 0.146 e. The Hall–Kier alpha value is -1.16. The normalized spacial score (nSPS) is 26.5. The minimum Gasteiger partial charge on any atom is -0.382 e. The van der Waals surface area contributed by atoms with Crippen LogP contribution in [0.3, 0.4) is 0 Å². The molecule has 2 heterocycles. The van der Waals surface area contributed by atoms with Crippen LogP contribution >= 0.6 is 0 Å². The summed E-state index contributed by atoms with van der Waals surface area (Å²) < 4.78 is 0. The molecule has 1 saturated heterocycles. The van der Waals surface area contributed by atoms with E-state index in [-0.39, 0.29) is 0 Å². The van der Waals surface area contributed by atoms with Gasteiger partial charge in [-0.15, -0.1) is 5.10 Å². The number of rotatable bonds is 1. The fraction of sp³-hybridized carbons (Fsp3) is 0.636. The standard InChI is InChI=1S/C11H18N4/c1-7-5-10(12)14-15-11(7)9-3-4-13-6-8(9)2/h5,8-9,13H,3-4,6H2,1-2H3,(H2,12,14). The van der Waals surface area contributed by atoms with Gasteiger partial charge in [-0.2, -0.15) is 5.10 Å². The number of nitrogen functional groups attached to an aromatic ring is 1. The fourth-order valence-electron chi connectivity index (χ4n) is 2.30. The number of piperidine rings is 1. The average Bonchev–Trinajstić information content (AvgIpc) is 2.20. The van der Waals surface area contributed by atoms with E-state index in [4.69, 9.17) is 5.73 Å². The van der Waals surface area contributed by atoms with Gasteiger partial charge in [-0.25, -0.2) is 0 Å². The van der Waals surface area contributed by atoms with Crippen molar-refractivity contribution in [2.45, 2.75) is 26.2 Å². The molecule has 1 fully saturated rings. The molecule has 2 rings (SSSR count). The molecule has 0 aliphatic carbocycles. The summed E-state index contributed by atoms with van der Waals surface area (Å²) in [6, 6.07) is 1.91. The van der Waals surface area contributed by atoms with E-state index in [0.29, 0.717) is 17.7 Å². The number of aryl methyl sites for hydroxylation is 1. The van der Waals surface area contributed by atoms with Crippen LogP contribution in [0.2, 0.25) is 0 Å². The molecule has 0 spiro atoms. The highest BCUT2D eigenvalue weighted by Crippen LogP contribution is 2.30. The maximum absolute atomic E-state index is 5.61. The first kappa shape index (κ1) is 10.4. The van der Waals surface area contributed by atoms with Crippen molar-refractivity contribution in [1.29, 1.82) is 0 Å². The molecular formula is C11H18N4. The number of nitrogens with zero attached hydrogens (tertiary/aromatic N) is 2. The van der Waals surface area contributed by atoms with Gasteiger partial charge in [0.05, 0.1) is 5.69 Å². The average molecular weight is 206 g/mol. The molecule has 2 atom stereocenters. The van der Waals surface area contributed by atoms with Crippen LogP contribution in [-0.2, 0) is 0 Å². The zero-order chi connectivity index (χ0) is 10.8. The highest BCUT2D eigenvalue weighted by Gasteiger charge is 2.25. The summed E-state index contributed by atoms with van der Waals surface area (Å²) in [6.07, 6.45) is 1.14. The van der Waals surface area contributed by atoms with E-state index in [1.165, 1.54) is 5.56 Å². The van der Waals surface area contributed by atoms with Crippen molar-refractivity contribution in [2.24, 2.45) is 5.92 Å². The number of nitrogens with two attached hydrogens (primary N) is 1. The minimum absolute atomic E-state index is 0.512. The van der Waals surface area contributed by atoms with Crippen molar-refractivity contribution in [1.82, 2.24) is 15.5 Å². The molecule has 4 nitrogen and oxygen atoms in total. The van der Waals surface area contributed by atoms with Gasteiger partial charge in [0.2, 0.25) is 0 Å². The number of hydrogen-bond donors (Lipinski definition) is 2. The van der Waals surface area contributed by atoms with Gasteiger partial charge in [0, 0.05) is 5.92 Å². The van der Waals surface area contributed by atoms with Crippen LogP contribution in [-0.4, -0.2) is 23.3 Å². The lowest BCUT2D eigenvalue weighted by atomic mass is 9.84. The Morgan fingerprint density at radius 1 is 1.47 bits per heavy atom. The number of nitrogens with one attached hydrogen (secondary N) is 1. The second-order valence-electron chi connectivity index (χ2n) is 4.41. The Balaban J connectivity index is 2.27. The van der Waals surface area contributed by atoms with Crippen molar-refractivity contribution in [2.75, 3.05) is 18.8 Å². The third-order valence-corrected chi connectivity index (χ3v) is 3.18. The van der Waals surface area contributed by atoms with E-state index in [1.54, 1.807) is 0 Å². The summed E-state index contributed by atoms with van der Waals surface area (Å²) in [5.41, 5.74) is 7.90. The molecule has 1 aromatic rings. The van der Waals surface area contributed by atoms with E-state index >= 15 is 0 Å². The molecule has 0 amide bonds.